The Morgan fingerprint density at radius 2 is 2.18 bits per heavy atom. The minimum absolute atomic E-state index is 0.240. The molecule has 1 fully saturated rings. The number of piperidine rings is 1. The summed E-state index contributed by atoms with van der Waals surface area (Å²) in [6.45, 7) is 3.92. The van der Waals surface area contributed by atoms with Gasteiger partial charge in [-0.25, -0.2) is 4.79 Å². The van der Waals surface area contributed by atoms with E-state index in [4.69, 9.17) is 4.74 Å². The summed E-state index contributed by atoms with van der Waals surface area (Å²) in [4.78, 5) is 14.9. The molecule has 4 rings (SSSR count). The van der Waals surface area contributed by atoms with E-state index >= 15 is 0 Å². The lowest BCUT2D eigenvalue weighted by Crippen LogP contribution is -2.40. The molecule has 2 aromatic heterocycles. The third-order valence-electron chi connectivity index (χ3n) is 5.30. The number of fused-ring (bicyclic) bond motifs is 1. The van der Waals surface area contributed by atoms with E-state index in [0.717, 1.165) is 37.1 Å². The number of anilines is 1. The molecule has 1 aliphatic heterocycles. The van der Waals surface area contributed by atoms with Crippen LogP contribution in [0.2, 0.25) is 0 Å². The number of likely N-dealkylation sites (N-methyl/N-ethyl adjacent to an activating group) is 1. The molecule has 0 aliphatic carbocycles. The lowest BCUT2D eigenvalue weighted by Gasteiger charge is -2.31. The second kappa shape index (κ2) is 7.85. The Morgan fingerprint density at radius 1 is 1.32 bits per heavy atom. The summed E-state index contributed by atoms with van der Waals surface area (Å²) in [7, 11) is 3.51. The summed E-state index contributed by atoms with van der Waals surface area (Å²) in [5.74, 6) is 0.114. The van der Waals surface area contributed by atoms with E-state index in [1.165, 1.54) is 17.2 Å². The average Bonchev–Trinajstić information content (AvgIpc) is 3.15. The molecule has 1 saturated heterocycles. The van der Waals surface area contributed by atoms with Gasteiger partial charge in [-0.2, -0.15) is 0 Å². The van der Waals surface area contributed by atoms with Gasteiger partial charge in [0.1, 0.15) is 5.56 Å². The number of aromatic nitrogens is 2. The van der Waals surface area contributed by atoms with Crippen LogP contribution >= 0.6 is 11.3 Å². The van der Waals surface area contributed by atoms with Crippen LogP contribution in [0.5, 0.6) is 0 Å². The van der Waals surface area contributed by atoms with Crippen LogP contribution < -0.4 is 5.32 Å². The van der Waals surface area contributed by atoms with Gasteiger partial charge in [0.2, 0.25) is 0 Å². The molecule has 6 nitrogen and oxygen atoms in total. The van der Waals surface area contributed by atoms with Crippen molar-refractivity contribution in [1.29, 1.82) is 0 Å². The fourth-order valence-corrected chi connectivity index (χ4v) is 4.66. The Balaban J connectivity index is 1.74. The van der Waals surface area contributed by atoms with Crippen LogP contribution in [-0.4, -0.2) is 54.4 Å². The number of likely N-dealkylation sites (tertiary alicyclic amines) is 1. The van der Waals surface area contributed by atoms with Gasteiger partial charge in [-0.3, -0.25) is 0 Å². The maximum atomic E-state index is 12.6. The topological polar surface area (TPSA) is 67.3 Å². The highest BCUT2D eigenvalue weighted by molar-refractivity contribution is 7.17. The van der Waals surface area contributed by atoms with Crippen molar-refractivity contribution in [2.75, 3.05) is 32.6 Å². The minimum atomic E-state index is -0.391. The van der Waals surface area contributed by atoms with Gasteiger partial charge in [0.05, 0.1) is 12.8 Å². The van der Waals surface area contributed by atoms with Crippen LogP contribution in [0.4, 0.5) is 5.82 Å². The molecule has 1 N–H and O–H groups in total. The zero-order valence-electron chi connectivity index (χ0n) is 16.4. The Kier molecular flexibility index (Phi) is 5.28. The van der Waals surface area contributed by atoms with Gasteiger partial charge >= 0.3 is 5.97 Å². The number of nitrogens with zero attached hydrogens (tertiary/aromatic N) is 3. The van der Waals surface area contributed by atoms with Crippen LogP contribution in [0, 0.1) is 6.92 Å². The summed E-state index contributed by atoms with van der Waals surface area (Å²) in [6, 6.07) is 8.53. The summed E-state index contributed by atoms with van der Waals surface area (Å²) in [6.07, 6.45) is 2.16. The number of hydrogen-bond acceptors (Lipinski definition) is 7. The first kappa shape index (κ1) is 18.8. The normalized spacial score (nSPS) is 17.6. The lowest BCUT2D eigenvalue weighted by molar-refractivity contribution is 0.0600. The maximum Gasteiger partial charge on any atom is 0.342 e. The van der Waals surface area contributed by atoms with Crippen LogP contribution in [0.15, 0.2) is 29.6 Å². The van der Waals surface area contributed by atoms with Gasteiger partial charge in [-0.1, -0.05) is 12.1 Å². The first-order valence-corrected chi connectivity index (χ1v) is 10.3. The van der Waals surface area contributed by atoms with Crippen LogP contribution in [0.25, 0.3) is 21.3 Å². The van der Waals surface area contributed by atoms with E-state index in [1.807, 2.05) is 13.0 Å². The molecule has 1 atom stereocenters. The highest BCUT2D eigenvalue weighted by atomic mass is 32.1. The number of carbonyl (C=O) groups is 1. The second-order valence-electron chi connectivity index (χ2n) is 7.31. The van der Waals surface area contributed by atoms with E-state index in [0.29, 0.717) is 17.1 Å². The van der Waals surface area contributed by atoms with Gasteiger partial charge in [0.15, 0.2) is 5.82 Å². The van der Waals surface area contributed by atoms with E-state index in [9.17, 15) is 4.79 Å². The molecule has 146 valence electrons. The summed E-state index contributed by atoms with van der Waals surface area (Å²) in [5, 5.41) is 15.6. The van der Waals surface area contributed by atoms with Crippen molar-refractivity contribution in [3.63, 3.8) is 0 Å². The highest BCUT2D eigenvalue weighted by Crippen LogP contribution is 2.31. The van der Waals surface area contributed by atoms with Crippen molar-refractivity contribution < 1.29 is 9.53 Å². The fraction of sp³-hybridized carbons (Fsp3) is 0.381. The average molecular weight is 397 g/mol. The van der Waals surface area contributed by atoms with E-state index < -0.39 is 5.97 Å². The number of methoxy groups -OCH3 is 1. The quantitative estimate of drug-likeness (QED) is 0.674. The van der Waals surface area contributed by atoms with Crippen LogP contribution in [-0.2, 0) is 4.74 Å². The summed E-state index contributed by atoms with van der Waals surface area (Å²) < 4.78 is 6.25. The molecule has 7 heteroatoms. The number of ether oxygens (including phenoxy) is 1. The monoisotopic (exact) mass is 396 g/mol. The van der Waals surface area contributed by atoms with Crippen molar-refractivity contribution in [3.05, 3.63) is 40.8 Å². The molecule has 28 heavy (non-hydrogen) atoms. The molecule has 0 bridgehead atoms. The number of nitrogens with one attached hydrogen (secondary N) is 1. The SMILES string of the molecule is COC(=O)c1c(N[C@@H]2CCCN(C)C2)nnc(-c2ccc3ccsc3c2)c1C. The maximum absolute atomic E-state index is 12.6. The lowest BCUT2D eigenvalue weighted by atomic mass is 10.0. The number of carbonyl (C=O) groups excluding carboxylic acids is 1. The summed E-state index contributed by atoms with van der Waals surface area (Å²) in [5.41, 5.74) is 2.91. The molecule has 1 aromatic carbocycles. The van der Waals surface area contributed by atoms with Gasteiger partial charge in [0.25, 0.3) is 0 Å². The molecular weight excluding hydrogens is 372 g/mol. The van der Waals surface area contributed by atoms with E-state index in [1.54, 1.807) is 11.3 Å². The zero-order valence-corrected chi connectivity index (χ0v) is 17.2. The highest BCUT2D eigenvalue weighted by Gasteiger charge is 2.25. The van der Waals surface area contributed by atoms with E-state index in [-0.39, 0.29) is 6.04 Å². The van der Waals surface area contributed by atoms with Crippen molar-refractivity contribution in [2.45, 2.75) is 25.8 Å². The van der Waals surface area contributed by atoms with Crippen molar-refractivity contribution >= 4 is 33.2 Å². The smallest absolute Gasteiger partial charge is 0.342 e. The summed E-state index contributed by atoms with van der Waals surface area (Å²) >= 11 is 1.69. The van der Waals surface area contributed by atoms with E-state index in [2.05, 4.69) is 51.0 Å². The van der Waals surface area contributed by atoms with Gasteiger partial charge in [-0.05, 0) is 61.8 Å². The number of benzene rings is 1. The molecule has 0 amide bonds. The molecule has 0 spiro atoms. The largest absolute Gasteiger partial charge is 0.465 e. The van der Waals surface area contributed by atoms with Crippen LogP contribution in [0.3, 0.4) is 0 Å². The molecule has 0 radical (unpaired) electrons. The van der Waals surface area contributed by atoms with Gasteiger partial charge in [-0.15, -0.1) is 21.5 Å². The first-order valence-electron chi connectivity index (χ1n) is 9.45. The minimum Gasteiger partial charge on any atom is -0.465 e. The molecule has 0 unspecified atom stereocenters. The van der Waals surface area contributed by atoms with Crippen molar-refractivity contribution in [2.24, 2.45) is 0 Å². The number of esters is 1. The number of thiophene rings is 1. The Bertz CT molecular complexity index is 1020. The Labute approximate surface area is 168 Å². The Morgan fingerprint density at radius 3 is 2.96 bits per heavy atom. The van der Waals surface area contributed by atoms with Gasteiger partial charge in [0, 0.05) is 22.8 Å². The molecule has 3 heterocycles. The number of rotatable bonds is 4. The molecule has 3 aromatic rings. The molecule has 0 saturated carbocycles. The molecular formula is C21H24N4O2S. The third-order valence-corrected chi connectivity index (χ3v) is 6.18. The second-order valence-corrected chi connectivity index (χ2v) is 8.26. The Hall–Kier alpha value is -2.51. The standard InChI is InChI=1S/C21H24N4O2S/c1-13-18(21(26)27-3)20(22-16-5-4-9-25(2)12-16)24-23-19(13)15-7-6-14-8-10-28-17(14)11-15/h6-8,10-11,16H,4-5,9,12H2,1-3H3,(H,22,24)/t16-/m1/s1. The predicted octanol–water partition coefficient (Wildman–Crippen LogP) is 3.96. The first-order chi connectivity index (χ1) is 13.6. The van der Waals surface area contributed by atoms with Gasteiger partial charge < -0.3 is 15.0 Å². The van der Waals surface area contributed by atoms with Crippen LogP contribution in [0.1, 0.15) is 28.8 Å². The zero-order chi connectivity index (χ0) is 19.7. The predicted molar refractivity (Wildman–Crippen MR) is 113 cm³/mol. The van der Waals surface area contributed by atoms with Crippen molar-refractivity contribution in [1.82, 2.24) is 15.1 Å². The van der Waals surface area contributed by atoms with Crippen molar-refractivity contribution in [3.8, 4) is 11.3 Å². The molecule has 1 aliphatic rings. The number of hydrogen-bond donors (Lipinski definition) is 1. The third kappa shape index (κ3) is 3.59. The fourth-order valence-electron chi connectivity index (χ4n) is 3.83.